The van der Waals surface area contributed by atoms with Crippen molar-refractivity contribution in [1.29, 1.82) is 0 Å². The number of allylic oxidation sites excluding steroid dienone is 5. The Morgan fingerprint density at radius 3 is 2.31 bits per heavy atom. The van der Waals surface area contributed by atoms with E-state index in [0.717, 1.165) is 71.0 Å². The van der Waals surface area contributed by atoms with E-state index in [9.17, 15) is 4.79 Å². The second-order valence-electron chi connectivity index (χ2n) is 8.68. The number of rotatable bonds is 7. The molecule has 0 aromatic carbocycles. The third kappa shape index (κ3) is 4.73. The summed E-state index contributed by atoms with van der Waals surface area (Å²) in [5.41, 5.74) is 2.50. The van der Waals surface area contributed by atoms with Gasteiger partial charge in [0.05, 0.1) is 18.8 Å². The van der Waals surface area contributed by atoms with Crippen LogP contribution >= 0.6 is 0 Å². The first kappa shape index (κ1) is 20.6. The lowest BCUT2D eigenvalue weighted by molar-refractivity contribution is -0.163. The van der Waals surface area contributed by atoms with E-state index in [1.165, 1.54) is 18.4 Å². The molecule has 0 aromatic heterocycles. The Morgan fingerprint density at radius 2 is 1.76 bits per heavy atom. The average Bonchev–Trinajstić information content (AvgIpc) is 2.75. The highest BCUT2D eigenvalue weighted by atomic mass is 16.5. The summed E-state index contributed by atoms with van der Waals surface area (Å²) in [6.45, 7) is 9.47. The molecule has 2 heterocycles. The number of hydrogen-bond acceptors (Lipinski definition) is 4. The van der Waals surface area contributed by atoms with Crippen molar-refractivity contribution in [2.45, 2.75) is 44.6 Å². The molecule has 5 heteroatoms. The molecule has 2 saturated heterocycles. The van der Waals surface area contributed by atoms with Crippen LogP contribution in [0, 0.1) is 0 Å². The summed E-state index contributed by atoms with van der Waals surface area (Å²) in [6, 6.07) is 0. The molecule has 4 rings (SSSR count). The Hall–Kier alpha value is -1.69. The minimum Gasteiger partial charge on any atom is -0.377 e. The molecule has 29 heavy (non-hydrogen) atoms. The van der Waals surface area contributed by atoms with Gasteiger partial charge in [0.2, 0.25) is 5.91 Å². The number of amides is 1. The molecular weight excluding hydrogens is 362 g/mol. The number of piperazine rings is 1. The number of nitrogens with zero attached hydrogens (tertiary/aromatic N) is 3. The van der Waals surface area contributed by atoms with Crippen LogP contribution in [0.4, 0.5) is 0 Å². The van der Waals surface area contributed by atoms with Crippen molar-refractivity contribution in [1.82, 2.24) is 14.7 Å². The first-order valence-electron chi connectivity index (χ1n) is 11.3. The van der Waals surface area contributed by atoms with Gasteiger partial charge in [-0.05, 0) is 37.3 Å². The van der Waals surface area contributed by atoms with Crippen LogP contribution in [-0.2, 0) is 9.53 Å². The van der Waals surface area contributed by atoms with Crippen molar-refractivity contribution in [2.75, 3.05) is 52.5 Å². The monoisotopic (exact) mass is 397 g/mol. The van der Waals surface area contributed by atoms with E-state index >= 15 is 0 Å². The summed E-state index contributed by atoms with van der Waals surface area (Å²) in [5.74, 6) is 0.212. The van der Waals surface area contributed by atoms with E-state index in [0.29, 0.717) is 6.42 Å². The predicted octanol–water partition coefficient (Wildman–Crippen LogP) is 3.12. The summed E-state index contributed by atoms with van der Waals surface area (Å²) >= 11 is 0. The fraction of sp³-hybridized carbons (Fsp3) is 0.625. The zero-order valence-corrected chi connectivity index (χ0v) is 17.8. The normalized spacial score (nSPS) is 24.6. The molecule has 0 atom stereocenters. The lowest BCUT2D eigenvalue weighted by Crippen LogP contribution is -2.70. The van der Waals surface area contributed by atoms with Gasteiger partial charge < -0.3 is 9.64 Å². The molecule has 2 aliphatic heterocycles. The Kier molecular flexibility index (Phi) is 6.68. The predicted molar refractivity (Wildman–Crippen MR) is 116 cm³/mol. The maximum absolute atomic E-state index is 12.8. The Morgan fingerprint density at radius 1 is 1.03 bits per heavy atom. The Labute approximate surface area is 175 Å². The number of hydrogen-bond donors (Lipinski definition) is 0. The lowest BCUT2D eigenvalue weighted by atomic mass is 9.92. The van der Waals surface area contributed by atoms with Crippen LogP contribution in [0.2, 0.25) is 0 Å². The Balaban J connectivity index is 1.39. The number of carbonyl (C=O) groups is 1. The molecule has 1 amide bonds. The van der Waals surface area contributed by atoms with Crippen molar-refractivity contribution in [2.24, 2.45) is 0 Å². The number of ether oxygens (including phenoxy) is 1. The summed E-state index contributed by atoms with van der Waals surface area (Å²) in [7, 11) is 0. The van der Waals surface area contributed by atoms with Crippen LogP contribution in [0.1, 0.15) is 39.0 Å². The minimum atomic E-state index is -0.0347. The van der Waals surface area contributed by atoms with E-state index in [4.69, 9.17) is 4.74 Å². The second-order valence-corrected chi connectivity index (χ2v) is 8.68. The van der Waals surface area contributed by atoms with Crippen molar-refractivity contribution >= 4 is 5.91 Å². The van der Waals surface area contributed by atoms with Gasteiger partial charge in [-0.15, -0.1) is 0 Å². The summed E-state index contributed by atoms with van der Waals surface area (Å²) in [6.07, 6.45) is 18.5. The van der Waals surface area contributed by atoms with Gasteiger partial charge in [0, 0.05) is 51.4 Å². The summed E-state index contributed by atoms with van der Waals surface area (Å²) in [4.78, 5) is 19.9. The Bertz CT molecular complexity index is 710. The fourth-order valence-corrected chi connectivity index (χ4v) is 4.74. The van der Waals surface area contributed by atoms with Crippen LogP contribution < -0.4 is 0 Å². The van der Waals surface area contributed by atoms with Gasteiger partial charge in [-0.2, -0.15) is 0 Å². The average molecular weight is 398 g/mol. The molecule has 0 N–H and O–H groups in total. The largest absolute Gasteiger partial charge is 0.377 e. The van der Waals surface area contributed by atoms with E-state index in [1.54, 1.807) is 0 Å². The SMILES string of the molecule is CCC(=O)N(CC1(N2CCN(CC3=CCCC=C3)CC2)COC1)C1=CCCC=C1. The van der Waals surface area contributed by atoms with Gasteiger partial charge in [0.1, 0.15) is 0 Å². The van der Waals surface area contributed by atoms with Crippen molar-refractivity contribution in [3.8, 4) is 0 Å². The zero-order valence-electron chi connectivity index (χ0n) is 17.8. The van der Waals surface area contributed by atoms with E-state index in [2.05, 4.69) is 46.3 Å². The maximum Gasteiger partial charge on any atom is 0.226 e. The zero-order chi connectivity index (χ0) is 20.1. The van der Waals surface area contributed by atoms with Crippen LogP contribution in [0.3, 0.4) is 0 Å². The van der Waals surface area contributed by atoms with Crippen molar-refractivity contribution in [3.63, 3.8) is 0 Å². The van der Waals surface area contributed by atoms with Gasteiger partial charge in [-0.25, -0.2) is 0 Å². The van der Waals surface area contributed by atoms with Crippen molar-refractivity contribution in [3.05, 3.63) is 47.7 Å². The highest BCUT2D eigenvalue weighted by Crippen LogP contribution is 2.30. The topological polar surface area (TPSA) is 36.0 Å². The molecule has 4 aliphatic rings. The summed E-state index contributed by atoms with van der Waals surface area (Å²) in [5, 5.41) is 0. The van der Waals surface area contributed by atoms with Crippen molar-refractivity contribution < 1.29 is 9.53 Å². The second kappa shape index (κ2) is 9.41. The molecule has 0 saturated carbocycles. The van der Waals surface area contributed by atoms with Gasteiger partial charge in [-0.3, -0.25) is 14.6 Å². The lowest BCUT2D eigenvalue weighted by Gasteiger charge is -2.54. The highest BCUT2D eigenvalue weighted by molar-refractivity contribution is 5.78. The summed E-state index contributed by atoms with van der Waals surface area (Å²) < 4.78 is 5.69. The molecular formula is C24H35N3O2. The molecule has 0 radical (unpaired) electrons. The van der Waals surface area contributed by atoms with Crippen LogP contribution in [0.25, 0.3) is 0 Å². The quantitative estimate of drug-likeness (QED) is 0.661. The molecule has 2 aliphatic carbocycles. The molecule has 5 nitrogen and oxygen atoms in total. The number of carbonyl (C=O) groups excluding carboxylic acids is 1. The maximum atomic E-state index is 12.8. The third-order valence-electron chi connectivity index (χ3n) is 6.61. The fourth-order valence-electron chi connectivity index (χ4n) is 4.74. The van der Waals surface area contributed by atoms with E-state index in [-0.39, 0.29) is 11.4 Å². The third-order valence-corrected chi connectivity index (χ3v) is 6.61. The van der Waals surface area contributed by atoms with Gasteiger partial charge in [0.25, 0.3) is 0 Å². The van der Waals surface area contributed by atoms with Crippen LogP contribution in [-0.4, -0.2) is 78.6 Å². The van der Waals surface area contributed by atoms with Gasteiger partial charge in [0.15, 0.2) is 0 Å². The van der Waals surface area contributed by atoms with E-state index < -0.39 is 0 Å². The molecule has 0 aromatic rings. The van der Waals surface area contributed by atoms with E-state index in [1.807, 2.05) is 11.8 Å². The molecule has 0 bridgehead atoms. The molecule has 0 spiro atoms. The van der Waals surface area contributed by atoms with Gasteiger partial charge >= 0.3 is 0 Å². The molecule has 0 unspecified atom stereocenters. The first-order valence-corrected chi connectivity index (χ1v) is 11.3. The first-order chi connectivity index (χ1) is 14.2. The smallest absolute Gasteiger partial charge is 0.226 e. The standard InChI is InChI=1S/C24H35N3O2/c1-2-23(28)27(22-11-7-4-8-12-22)18-24(19-29-20-24)26-15-13-25(14-16-26)17-21-9-5-3-6-10-21/h5,7,9-12H,2-4,6,8,13-20H2,1H3. The van der Waals surface area contributed by atoms with Crippen LogP contribution in [0.5, 0.6) is 0 Å². The minimum absolute atomic E-state index is 0.0347. The van der Waals surface area contributed by atoms with Gasteiger partial charge in [-0.1, -0.05) is 37.3 Å². The highest BCUT2D eigenvalue weighted by Gasteiger charge is 2.47. The van der Waals surface area contributed by atoms with Crippen LogP contribution in [0.15, 0.2) is 47.7 Å². The molecule has 158 valence electrons. The molecule has 2 fully saturated rings.